The van der Waals surface area contributed by atoms with Crippen molar-refractivity contribution >= 4 is 21.6 Å². The molecule has 1 fully saturated rings. The third kappa shape index (κ3) is 4.70. The highest BCUT2D eigenvalue weighted by Crippen LogP contribution is 2.26. The van der Waals surface area contributed by atoms with Gasteiger partial charge in [-0.2, -0.15) is 0 Å². The Bertz CT molecular complexity index is 461. The molecule has 1 atom stereocenters. The topological polar surface area (TPSA) is 18.5 Å². The zero-order chi connectivity index (χ0) is 15.4. The number of benzene rings is 1. The number of piperazine rings is 1. The second-order valence-corrected chi connectivity index (χ2v) is 7.49. The second-order valence-electron chi connectivity index (χ2n) is 6.57. The van der Waals surface area contributed by atoms with Gasteiger partial charge in [0.15, 0.2) is 0 Å². The molecule has 4 heteroatoms. The van der Waals surface area contributed by atoms with Crippen molar-refractivity contribution < 1.29 is 0 Å². The minimum absolute atomic E-state index is 0.610. The molecule has 118 valence electrons. The minimum atomic E-state index is 0.610. The number of anilines is 1. The number of halogens is 1. The molecule has 1 saturated heterocycles. The van der Waals surface area contributed by atoms with Crippen LogP contribution in [0, 0.1) is 5.92 Å². The fourth-order valence-corrected chi connectivity index (χ4v) is 3.18. The molecule has 1 aromatic carbocycles. The summed E-state index contributed by atoms with van der Waals surface area (Å²) in [5.41, 5.74) is 2.77. The van der Waals surface area contributed by atoms with E-state index in [4.69, 9.17) is 0 Å². The van der Waals surface area contributed by atoms with Gasteiger partial charge in [0.1, 0.15) is 0 Å². The number of hydrogen-bond acceptors (Lipinski definition) is 3. The second kappa shape index (κ2) is 7.61. The largest absolute Gasteiger partial charge is 0.368 e. The molecule has 0 aromatic heterocycles. The van der Waals surface area contributed by atoms with Crippen LogP contribution in [0.25, 0.3) is 0 Å². The monoisotopic (exact) mass is 353 g/mol. The zero-order valence-corrected chi connectivity index (χ0v) is 15.3. The van der Waals surface area contributed by atoms with Gasteiger partial charge in [-0.25, -0.2) is 0 Å². The maximum atomic E-state index is 3.61. The Morgan fingerprint density at radius 2 is 2.10 bits per heavy atom. The summed E-state index contributed by atoms with van der Waals surface area (Å²) in [7, 11) is 2.22. The summed E-state index contributed by atoms with van der Waals surface area (Å²) < 4.78 is 1.16. The van der Waals surface area contributed by atoms with Crippen LogP contribution >= 0.6 is 15.9 Å². The lowest BCUT2D eigenvalue weighted by Gasteiger charge is -2.39. The predicted octanol–water partition coefficient (Wildman–Crippen LogP) is 3.34. The van der Waals surface area contributed by atoms with Gasteiger partial charge in [0, 0.05) is 42.4 Å². The van der Waals surface area contributed by atoms with Crippen molar-refractivity contribution in [3.8, 4) is 0 Å². The minimum Gasteiger partial charge on any atom is -0.368 e. The van der Waals surface area contributed by atoms with E-state index in [-0.39, 0.29) is 0 Å². The maximum absolute atomic E-state index is 3.61. The van der Waals surface area contributed by atoms with Crippen molar-refractivity contribution in [1.29, 1.82) is 0 Å². The molecule has 0 saturated carbocycles. The highest BCUT2D eigenvalue weighted by molar-refractivity contribution is 9.10. The highest BCUT2D eigenvalue weighted by Gasteiger charge is 2.22. The number of rotatable bonds is 5. The van der Waals surface area contributed by atoms with Crippen molar-refractivity contribution in [3.05, 3.63) is 28.2 Å². The molecular weight excluding hydrogens is 326 g/mol. The first-order valence-corrected chi connectivity index (χ1v) is 8.71. The van der Waals surface area contributed by atoms with Gasteiger partial charge < -0.3 is 15.1 Å². The van der Waals surface area contributed by atoms with Gasteiger partial charge in [-0.1, -0.05) is 29.8 Å². The zero-order valence-electron chi connectivity index (χ0n) is 13.7. The van der Waals surface area contributed by atoms with Crippen LogP contribution in [0.5, 0.6) is 0 Å². The average molecular weight is 354 g/mol. The Kier molecular flexibility index (Phi) is 6.08. The summed E-state index contributed by atoms with van der Waals surface area (Å²) in [5.74, 6) is 0.685. The molecule has 21 heavy (non-hydrogen) atoms. The maximum Gasteiger partial charge on any atom is 0.0413 e. The van der Waals surface area contributed by atoms with Crippen LogP contribution in [0.1, 0.15) is 26.3 Å². The van der Waals surface area contributed by atoms with E-state index in [0.29, 0.717) is 12.0 Å². The molecule has 1 unspecified atom stereocenters. The fraction of sp³-hybridized carbons (Fsp3) is 0.647. The van der Waals surface area contributed by atoms with Gasteiger partial charge in [0.2, 0.25) is 0 Å². The predicted molar refractivity (Wildman–Crippen MR) is 95.0 cm³/mol. The SMILES string of the molecule is CC(C)CNCc1cc(Br)ccc1N1CCN(C)C(C)C1. The van der Waals surface area contributed by atoms with Crippen molar-refractivity contribution in [2.45, 2.75) is 33.4 Å². The highest BCUT2D eigenvalue weighted by atomic mass is 79.9. The van der Waals surface area contributed by atoms with Crippen LogP contribution in [0.15, 0.2) is 22.7 Å². The third-order valence-electron chi connectivity index (χ3n) is 4.21. The first-order valence-electron chi connectivity index (χ1n) is 7.91. The Morgan fingerprint density at radius 3 is 2.76 bits per heavy atom. The number of hydrogen-bond donors (Lipinski definition) is 1. The van der Waals surface area contributed by atoms with E-state index in [2.05, 4.69) is 77.1 Å². The number of likely N-dealkylation sites (N-methyl/N-ethyl adjacent to an activating group) is 1. The lowest BCUT2D eigenvalue weighted by atomic mass is 10.1. The normalized spacial score (nSPS) is 20.3. The van der Waals surface area contributed by atoms with Gasteiger partial charge in [0.25, 0.3) is 0 Å². The molecular formula is C17H28BrN3. The smallest absolute Gasteiger partial charge is 0.0413 e. The molecule has 0 aliphatic carbocycles. The van der Waals surface area contributed by atoms with E-state index in [1.54, 1.807) is 0 Å². The summed E-state index contributed by atoms with van der Waals surface area (Å²) in [6.45, 7) is 12.2. The van der Waals surface area contributed by atoms with E-state index in [1.807, 2.05) is 0 Å². The fourth-order valence-electron chi connectivity index (χ4n) is 2.77. The quantitative estimate of drug-likeness (QED) is 0.875. The van der Waals surface area contributed by atoms with Gasteiger partial charge in [-0.3, -0.25) is 0 Å². The van der Waals surface area contributed by atoms with Crippen LogP contribution in [0.4, 0.5) is 5.69 Å². The molecule has 3 nitrogen and oxygen atoms in total. The lowest BCUT2D eigenvalue weighted by molar-refractivity contribution is 0.234. The molecule has 0 spiro atoms. The summed E-state index contributed by atoms with van der Waals surface area (Å²) in [4.78, 5) is 4.97. The summed E-state index contributed by atoms with van der Waals surface area (Å²) >= 11 is 3.61. The van der Waals surface area contributed by atoms with Crippen LogP contribution < -0.4 is 10.2 Å². The third-order valence-corrected chi connectivity index (χ3v) is 4.70. The van der Waals surface area contributed by atoms with Crippen molar-refractivity contribution in [3.63, 3.8) is 0 Å². The van der Waals surface area contributed by atoms with Crippen LogP contribution in [0.2, 0.25) is 0 Å². The van der Waals surface area contributed by atoms with E-state index in [0.717, 1.165) is 37.2 Å². The van der Waals surface area contributed by atoms with Crippen LogP contribution in [-0.2, 0) is 6.54 Å². The van der Waals surface area contributed by atoms with E-state index in [9.17, 15) is 0 Å². The van der Waals surface area contributed by atoms with Gasteiger partial charge in [-0.05, 0) is 50.2 Å². The van der Waals surface area contributed by atoms with Crippen LogP contribution in [-0.4, -0.2) is 44.2 Å². The summed E-state index contributed by atoms with van der Waals surface area (Å²) in [6.07, 6.45) is 0. The molecule has 0 amide bonds. The van der Waals surface area contributed by atoms with E-state index >= 15 is 0 Å². The number of nitrogens with zero attached hydrogens (tertiary/aromatic N) is 2. The Labute approximate surface area is 137 Å². The molecule has 1 aliphatic rings. The first kappa shape index (κ1) is 16.8. The van der Waals surface area contributed by atoms with Gasteiger partial charge >= 0.3 is 0 Å². The first-order chi connectivity index (χ1) is 9.97. The average Bonchev–Trinajstić information content (AvgIpc) is 2.42. The molecule has 0 radical (unpaired) electrons. The van der Waals surface area contributed by atoms with Gasteiger partial charge in [-0.15, -0.1) is 0 Å². The molecule has 2 rings (SSSR count). The summed E-state index contributed by atoms with van der Waals surface area (Å²) in [6, 6.07) is 7.28. The van der Waals surface area contributed by atoms with E-state index in [1.165, 1.54) is 11.3 Å². The van der Waals surface area contributed by atoms with Crippen molar-refractivity contribution in [1.82, 2.24) is 10.2 Å². The molecule has 1 N–H and O–H groups in total. The Balaban J connectivity index is 2.11. The van der Waals surface area contributed by atoms with E-state index < -0.39 is 0 Å². The number of nitrogens with one attached hydrogen (secondary N) is 1. The standard InChI is InChI=1S/C17H28BrN3/c1-13(2)10-19-11-15-9-16(18)5-6-17(15)21-8-7-20(4)14(3)12-21/h5-6,9,13-14,19H,7-8,10-12H2,1-4H3. The molecule has 1 aliphatic heterocycles. The van der Waals surface area contributed by atoms with Crippen molar-refractivity contribution in [2.75, 3.05) is 38.1 Å². The molecule has 0 bridgehead atoms. The van der Waals surface area contributed by atoms with Gasteiger partial charge in [0.05, 0.1) is 0 Å². The Hall–Kier alpha value is -0.580. The lowest BCUT2D eigenvalue weighted by Crippen LogP contribution is -2.50. The Morgan fingerprint density at radius 1 is 1.33 bits per heavy atom. The summed E-state index contributed by atoms with van der Waals surface area (Å²) in [5, 5.41) is 3.57. The molecule has 1 aromatic rings. The molecule has 1 heterocycles. The van der Waals surface area contributed by atoms with Crippen LogP contribution in [0.3, 0.4) is 0 Å². The van der Waals surface area contributed by atoms with Crippen molar-refractivity contribution in [2.24, 2.45) is 5.92 Å².